The van der Waals surface area contributed by atoms with Crippen LogP contribution in [-0.4, -0.2) is 48.6 Å². The lowest BCUT2D eigenvalue weighted by molar-refractivity contribution is 0.128. The van der Waals surface area contributed by atoms with Gasteiger partial charge in [-0.15, -0.1) is 5.10 Å². The number of nitrogens with zero attached hydrogens (tertiary/aromatic N) is 6. The zero-order valence-corrected chi connectivity index (χ0v) is 15.3. The van der Waals surface area contributed by atoms with Gasteiger partial charge in [-0.05, 0) is 39.3 Å². The Morgan fingerprint density at radius 1 is 1.38 bits per heavy atom. The van der Waals surface area contributed by atoms with Gasteiger partial charge in [-0.1, -0.05) is 6.92 Å². The zero-order valence-electron chi connectivity index (χ0n) is 15.3. The molecule has 1 saturated heterocycles. The van der Waals surface area contributed by atoms with E-state index < -0.39 is 0 Å². The molecule has 9 heteroatoms. The van der Waals surface area contributed by atoms with Crippen molar-refractivity contribution in [2.45, 2.75) is 39.3 Å². The van der Waals surface area contributed by atoms with Crippen LogP contribution in [0.4, 0.5) is 5.95 Å². The SMILES string of the molecule is CC(C)ONc1nc2cc(-c3cnn([C@H]4CCNC[C@H]4C)c3)ncn2n1. The minimum atomic E-state index is 0.0403. The average Bonchev–Trinajstić information content (AvgIpc) is 3.26. The number of fused-ring (bicyclic) bond motifs is 1. The molecular weight excluding hydrogens is 332 g/mol. The van der Waals surface area contributed by atoms with E-state index >= 15 is 0 Å². The predicted molar refractivity (Wildman–Crippen MR) is 97.5 cm³/mol. The first-order chi connectivity index (χ1) is 12.6. The van der Waals surface area contributed by atoms with E-state index in [0.717, 1.165) is 30.8 Å². The van der Waals surface area contributed by atoms with Crippen LogP contribution in [0.15, 0.2) is 24.8 Å². The fourth-order valence-electron chi connectivity index (χ4n) is 3.21. The van der Waals surface area contributed by atoms with Crippen molar-refractivity contribution >= 4 is 11.6 Å². The second kappa shape index (κ2) is 7.00. The van der Waals surface area contributed by atoms with Gasteiger partial charge in [0.2, 0.25) is 0 Å². The van der Waals surface area contributed by atoms with Gasteiger partial charge in [0.15, 0.2) is 5.65 Å². The normalized spacial score (nSPS) is 20.8. The summed E-state index contributed by atoms with van der Waals surface area (Å²) in [6.45, 7) is 8.18. The highest BCUT2D eigenvalue weighted by Crippen LogP contribution is 2.26. The van der Waals surface area contributed by atoms with Crippen molar-refractivity contribution in [2.75, 3.05) is 18.6 Å². The quantitative estimate of drug-likeness (QED) is 0.674. The predicted octanol–water partition coefficient (Wildman–Crippen LogP) is 1.91. The molecule has 0 unspecified atom stereocenters. The largest absolute Gasteiger partial charge is 0.316 e. The Kier molecular flexibility index (Phi) is 4.56. The van der Waals surface area contributed by atoms with Gasteiger partial charge >= 0.3 is 0 Å². The van der Waals surface area contributed by atoms with E-state index in [2.05, 4.69) is 48.8 Å². The number of hydrogen-bond acceptors (Lipinski definition) is 7. The second-order valence-electron chi connectivity index (χ2n) is 7.03. The van der Waals surface area contributed by atoms with Gasteiger partial charge in [0, 0.05) is 17.8 Å². The molecule has 4 heterocycles. The van der Waals surface area contributed by atoms with Crippen LogP contribution in [0.25, 0.3) is 16.9 Å². The van der Waals surface area contributed by atoms with Gasteiger partial charge in [-0.25, -0.2) is 15.0 Å². The lowest BCUT2D eigenvalue weighted by atomic mass is 9.95. The molecule has 26 heavy (non-hydrogen) atoms. The summed E-state index contributed by atoms with van der Waals surface area (Å²) < 4.78 is 3.69. The van der Waals surface area contributed by atoms with Crippen LogP contribution in [0.3, 0.4) is 0 Å². The van der Waals surface area contributed by atoms with Crippen molar-refractivity contribution in [3.05, 3.63) is 24.8 Å². The summed E-state index contributed by atoms with van der Waals surface area (Å²) >= 11 is 0. The zero-order chi connectivity index (χ0) is 18.1. The fraction of sp³-hybridized carbons (Fsp3) is 0.529. The monoisotopic (exact) mass is 356 g/mol. The van der Waals surface area contributed by atoms with Crippen molar-refractivity contribution < 1.29 is 4.84 Å². The van der Waals surface area contributed by atoms with Gasteiger partial charge in [0.1, 0.15) is 6.33 Å². The molecule has 1 aliphatic rings. The van der Waals surface area contributed by atoms with Crippen molar-refractivity contribution in [2.24, 2.45) is 5.92 Å². The van der Waals surface area contributed by atoms with Crippen LogP contribution in [0, 0.1) is 5.92 Å². The number of piperidine rings is 1. The molecule has 0 saturated carbocycles. The Balaban J connectivity index is 1.56. The third-order valence-corrected chi connectivity index (χ3v) is 4.59. The number of rotatable bonds is 5. The highest BCUT2D eigenvalue weighted by molar-refractivity contribution is 5.62. The maximum Gasteiger partial charge on any atom is 0.267 e. The van der Waals surface area contributed by atoms with E-state index in [4.69, 9.17) is 4.84 Å². The summed E-state index contributed by atoms with van der Waals surface area (Å²) in [6.07, 6.45) is 6.72. The molecule has 0 aromatic carbocycles. The molecule has 0 amide bonds. The molecule has 4 rings (SSSR count). The van der Waals surface area contributed by atoms with Gasteiger partial charge in [0.05, 0.1) is 24.0 Å². The van der Waals surface area contributed by atoms with Crippen LogP contribution >= 0.6 is 0 Å². The van der Waals surface area contributed by atoms with E-state index in [1.54, 1.807) is 10.8 Å². The Hall–Kier alpha value is -2.52. The minimum Gasteiger partial charge on any atom is -0.316 e. The van der Waals surface area contributed by atoms with Gasteiger partial charge in [-0.2, -0.15) is 10.1 Å². The molecule has 3 aromatic rings. The third kappa shape index (κ3) is 3.40. The second-order valence-corrected chi connectivity index (χ2v) is 7.03. The minimum absolute atomic E-state index is 0.0403. The highest BCUT2D eigenvalue weighted by Gasteiger charge is 2.23. The summed E-state index contributed by atoms with van der Waals surface area (Å²) in [6, 6.07) is 2.33. The van der Waals surface area contributed by atoms with Gasteiger partial charge in [0.25, 0.3) is 5.95 Å². The maximum absolute atomic E-state index is 5.33. The molecule has 0 spiro atoms. The summed E-state index contributed by atoms with van der Waals surface area (Å²) in [5.74, 6) is 0.968. The van der Waals surface area contributed by atoms with Crippen molar-refractivity contribution in [1.82, 2.24) is 34.7 Å². The Morgan fingerprint density at radius 3 is 3.08 bits per heavy atom. The molecular formula is C17H24N8O. The van der Waals surface area contributed by atoms with Crippen molar-refractivity contribution in [3.8, 4) is 11.3 Å². The summed E-state index contributed by atoms with van der Waals surface area (Å²) in [5, 5.41) is 12.3. The summed E-state index contributed by atoms with van der Waals surface area (Å²) in [4.78, 5) is 14.2. The molecule has 0 bridgehead atoms. The smallest absolute Gasteiger partial charge is 0.267 e. The maximum atomic E-state index is 5.33. The molecule has 0 aliphatic carbocycles. The molecule has 138 valence electrons. The standard InChI is InChI=1S/C17H24N8O/c1-11(2)26-23-17-21-16-6-14(19-10-25(16)22-17)13-8-20-24(9-13)15-4-5-18-7-12(15)3/h6,8-12,15,18H,4-5,7H2,1-3H3,(H,22,23)/t12-,15+/m1/s1. The van der Waals surface area contributed by atoms with Crippen LogP contribution in [0.5, 0.6) is 0 Å². The lowest BCUT2D eigenvalue weighted by Crippen LogP contribution is -2.36. The average molecular weight is 356 g/mol. The molecule has 2 atom stereocenters. The first kappa shape index (κ1) is 16.9. The molecule has 0 radical (unpaired) electrons. The first-order valence-electron chi connectivity index (χ1n) is 8.99. The Bertz CT molecular complexity index is 886. The van der Waals surface area contributed by atoms with Gasteiger partial charge < -0.3 is 5.32 Å². The number of aromatic nitrogens is 6. The topological polar surface area (TPSA) is 94.2 Å². The van der Waals surface area contributed by atoms with Crippen molar-refractivity contribution in [3.63, 3.8) is 0 Å². The Morgan fingerprint density at radius 2 is 2.27 bits per heavy atom. The van der Waals surface area contributed by atoms with Gasteiger partial charge in [-0.3, -0.25) is 9.52 Å². The van der Waals surface area contributed by atoms with E-state index in [9.17, 15) is 0 Å². The van der Waals surface area contributed by atoms with E-state index in [0.29, 0.717) is 23.6 Å². The lowest BCUT2D eigenvalue weighted by Gasteiger charge is -2.29. The van der Waals surface area contributed by atoms with E-state index in [1.807, 2.05) is 26.1 Å². The Labute approximate surface area is 151 Å². The fourth-order valence-corrected chi connectivity index (χ4v) is 3.21. The van der Waals surface area contributed by atoms with Crippen molar-refractivity contribution in [1.29, 1.82) is 0 Å². The van der Waals surface area contributed by atoms with Crippen LogP contribution in [-0.2, 0) is 4.84 Å². The highest BCUT2D eigenvalue weighted by atomic mass is 16.7. The van der Waals surface area contributed by atoms with Crippen LogP contribution < -0.4 is 10.8 Å². The number of anilines is 1. The first-order valence-corrected chi connectivity index (χ1v) is 8.99. The molecule has 1 fully saturated rings. The number of hydrogen-bond donors (Lipinski definition) is 2. The molecule has 1 aliphatic heterocycles. The number of nitrogens with one attached hydrogen (secondary N) is 2. The summed E-state index contributed by atoms with van der Waals surface area (Å²) in [5.41, 5.74) is 5.26. The summed E-state index contributed by atoms with van der Waals surface area (Å²) in [7, 11) is 0. The molecule has 9 nitrogen and oxygen atoms in total. The molecule has 3 aromatic heterocycles. The van der Waals surface area contributed by atoms with E-state index in [1.165, 1.54) is 0 Å². The van der Waals surface area contributed by atoms with Crippen LogP contribution in [0.2, 0.25) is 0 Å². The third-order valence-electron chi connectivity index (χ3n) is 4.59. The van der Waals surface area contributed by atoms with E-state index in [-0.39, 0.29) is 6.10 Å². The van der Waals surface area contributed by atoms with Crippen LogP contribution in [0.1, 0.15) is 33.2 Å². The molecule has 2 N–H and O–H groups in total.